The van der Waals surface area contributed by atoms with Gasteiger partial charge >= 0.3 is 0 Å². The summed E-state index contributed by atoms with van der Waals surface area (Å²) in [5, 5.41) is 0. The summed E-state index contributed by atoms with van der Waals surface area (Å²) in [6.45, 7) is 5.02. The van der Waals surface area contributed by atoms with E-state index in [2.05, 4.69) is 4.90 Å². The molecule has 3 aromatic carbocycles. The molecular weight excluding hydrogens is 525 g/mol. The second-order valence-corrected chi connectivity index (χ2v) is 11.1. The van der Waals surface area contributed by atoms with Crippen molar-refractivity contribution in [3.8, 4) is 17.2 Å². The molecule has 1 fully saturated rings. The third-order valence-electron chi connectivity index (χ3n) is 6.68. The Hall–Kier alpha value is -3.83. The summed E-state index contributed by atoms with van der Waals surface area (Å²) in [6.07, 6.45) is 0. The Morgan fingerprint density at radius 3 is 2.33 bits per heavy atom. The highest BCUT2D eigenvalue weighted by Crippen LogP contribution is 2.33. The van der Waals surface area contributed by atoms with Gasteiger partial charge < -0.3 is 19.1 Å². The van der Waals surface area contributed by atoms with E-state index >= 15 is 0 Å². The standard InChI is InChI=1S/C28H30FN3O6S/c1-2-36-24-8-10-25(11-9-24)39(34,35)32(23-6-4-22(29)5-7-23)19-28(33)31-15-13-30(14-16-31)18-21-3-12-26-27(17-21)38-20-37-26/h3-12,17H,2,13-16,18-20H2,1H3. The van der Waals surface area contributed by atoms with E-state index in [0.29, 0.717) is 45.1 Å². The van der Waals surface area contributed by atoms with Gasteiger partial charge in [-0.2, -0.15) is 0 Å². The molecule has 0 N–H and O–H groups in total. The number of benzene rings is 3. The predicted molar refractivity (Wildman–Crippen MR) is 143 cm³/mol. The summed E-state index contributed by atoms with van der Waals surface area (Å²) >= 11 is 0. The van der Waals surface area contributed by atoms with Crippen LogP contribution in [0, 0.1) is 5.82 Å². The van der Waals surface area contributed by atoms with Gasteiger partial charge in [0.2, 0.25) is 12.7 Å². The normalized spacial score (nSPS) is 15.3. The summed E-state index contributed by atoms with van der Waals surface area (Å²) < 4.78 is 58.2. The van der Waals surface area contributed by atoms with Crippen LogP contribution in [-0.2, 0) is 21.4 Å². The molecule has 0 aliphatic carbocycles. The van der Waals surface area contributed by atoms with Crippen molar-refractivity contribution in [2.75, 3.05) is 50.4 Å². The molecule has 2 aliphatic rings. The lowest BCUT2D eigenvalue weighted by molar-refractivity contribution is -0.131. The van der Waals surface area contributed by atoms with Crippen LogP contribution in [0.15, 0.2) is 71.6 Å². The SMILES string of the molecule is CCOc1ccc(S(=O)(=O)N(CC(=O)N2CCN(Cc3ccc4c(c3)OCO4)CC2)c2ccc(F)cc2)cc1. The topological polar surface area (TPSA) is 88.6 Å². The molecule has 1 saturated heterocycles. The molecule has 5 rings (SSSR count). The van der Waals surface area contributed by atoms with Crippen LogP contribution >= 0.6 is 0 Å². The van der Waals surface area contributed by atoms with Crippen LogP contribution in [0.2, 0.25) is 0 Å². The van der Waals surface area contributed by atoms with Gasteiger partial charge in [0, 0.05) is 32.7 Å². The second kappa shape index (κ2) is 11.5. The number of amides is 1. The minimum atomic E-state index is -4.11. The van der Waals surface area contributed by atoms with Crippen LogP contribution in [0.1, 0.15) is 12.5 Å². The number of rotatable bonds is 9. The molecule has 0 bridgehead atoms. The Morgan fingerprint density at radius 2 is 1.64 bits per heavy atom. The number of carbonyl (C=O) groups excluding carboxylic acids is 1. The van der Waals surface area contributed by atoms with E-state index in [-0.39, 0.29) is 23.3 Å². The Morgan fingerprint density at radius 1 is 0.949 bits per heavy atom. The third-order valence-corrected chi connectivity index (χ3v) is 8.47. The number of carbonyl (C=O) groups is 1. The fourth-order valence-electron chi connectivity index (χ4n) is 4.60. The second-order valence-electron chi connectivity index (χ2n) is 9.24. The van der Waals surface area contributed by atoms with Crippen molar-refractivity contribution < 1.29 is 31.8 Å². The molecule has 0 spiro atoms. The van der Waals surface area contributed by atoms with Crippen molar-refractivity contribution in [1.82, 2.24) is 9.80 Å². The highest BCUT2D eigenvalue weighted by Gasteiger charge is 2.30. The fourth-order valence-corrected chi connectivity index (χ4v) is 6.01. The van der Waals surface area contributed by atoms with E-state index in [1.165, 1.54) is 36.4 Å². The van der Waals surface area contributed by atoms with Crippen LogP contribution in [0.4, 0.5) is 10.1 Å². The molecule has 206 valence electrons. The summed E-state index contributed by atoms with van der Waals surface area (Å²) in [4.78, 5) is 17.2. The Balaban J connectivity index is 1.27. The van der Waals surface area contributed by atoms with Gasteiger partial charge in [-0.05, 0) is 73.2 Å². The molecule has 0 aromatic heterocycles. The van der Waals surface area contributed by atoms with Crippen LogP contribution in [-0.4, -0.2) is 70.2 Å². The average molecular weight is 556 g/mol. The molecule has 2 aliphatic heterocycles. The van der Waals surface area contributed by atoms with E-state index in [0.717, 1.165) is 21.4 Å². The zero-order chi connectivity index (χ0) is 27.4. The van der Waals surface area contributed by atoms with Crippen LogP contribution in [0.25, 0.3) is 0 Å². The first-order valence-corrected chi connectivity index (χ1v) is 14.2. The minimum absolute atomic E-state index is 0.0108. The van der Waals surface area contributed by atoms with E-state index in [4.69, 9.17) is 14.2 Å². The summed E-state index contributed by atoms with van der Waals surface area (Å²) in [6, 6.07) is 16.9. The zero-order valence-electron chi connectivity index (χ0n) is 21.6. The highest BCUT2D eigenvalue weighted by atomic mass is 32.2. The number of piperazine rings is 1. The van der Waals surface area contributed by atoms with Crippen LogP contribution in [0.3, 0.4) is 0 Å². The van der Waals surface area contributed by atoms with E-state index in [1.807, 2.05) is 25.1 Å². The van der Waals surface area contributed by atoms with Gasteiger partial charge in [0.1, 0.15) is 18.1 Å². The smallest absolute Gasteiger partial charge is 0.264 e. The molecule has 39 heavy (non-hydrogen) atoms. The third kappa shape index (κ3) is 6.10. The van der Waals surface area contributed by atoms with Gasteiger partial charge in [-0.3, -0.25) is 14.0 Å². The minimum Gasteiger partial charge on any atom is -0.494 e. The number of nitrogens with zero attached hydrogens (tertiary/aromatic N) is 3. The number of anilines is 1. The quantitative estimate of drug-likeness (QED) is 0.399. The van der Waals surface area contributed by atoms with Gasteiger partial charge in [0.25, 0.3) is 10.0 Å². The molecule has 9 nitrogen and oxygen atoms in total. The number of sulfonamides is 1. The molecule has 0 radical (unpaired) electrons. The average Bonchev–Trinajstić information content (AvgIpc) is 3.41. The first-order valence-electron chi connectivity index (χ1n) is 12.7. The number of hydrogen-bond acceptors (Lipinski definition) is 7. The first-order chi connectivity index (χ1) is 18.8. The van der Waals surface area contributed by atoms with Crippen molar-refractivity contribution in [2.45, 2.75) is 18.4 Å². The van der Waals surface area contributed by atoms with E-state index in [9.17, 15) is 17.6 Å². The maximum Gasteiger partial charge on any atom is 0.264 e. The molecule has 0 atom stereocenters. The van der Waals surface area contributed by atoms with Crippen molar-refractivity contribution in [3.63, 3.8) is 0 Å². The summed E-state index contributed by atoms with van der Waals surface area (Å²) in [5.74, 6) is 1.19. The van der Waals surface area contributed by atoms with Gasteiger partial charge in [0.05, 0.1) is 17.2 Å². The maximum atomic E-state index is 13.6. The summed E-state index contributed by atoms with van der Waals surface area (Å²) in [5.41, 5.74) is 1.29. The lowest BCUT2D eigenvalue weighted by Crippen LogP contribution is -2.51. The van der Waals surface area contributed by atoms with Crippen molar-refractivity contribution in [1.29, 1.82) is 0 Å². The summed E-state index contributed by atoms with van der Waals surface area (Å²) in [7, 11) is -4.11. The van der Waals surface area contributed by atoms with Gasteiger partial charge in [-0.1, -0.05) is 6.07 Å². The Bertz CT molecular complexity index is 1410. The molecule has 2 heterocycles. The van der Waals surface area contributed by atoms with Crippen molar-refractivity contribution in [2.24, 2.45) is 0 Å². The lowest BCUT2D eigenvalue weighted by Gasteiger charge is -2.36. The molecule has 0 unspecified atom stereocenters. The van der Waals surface area contributed by atoms with Gasteiger partial charge in [0.15, 0.2) is 11.5 Å². The molecule has 0 saturated carbocycles. The van der Waals surface area contributed by atoms with Gasteiger partial charge in [-0.25, -0.2) is 12.8 Å². The Labute approximate surface area is 227 Å². The highest BCUT2D eigenvalue weighted by molar-refractivity contribution is 7.92. The number of hydrogen-bond donors (Lipinski definition) is 0. The number of fused-ring (bicyclic) bond motifs is 1. The molecule has 3 aromatic rings. The predicted octanol–water partition coefficient (Wildman–Crippen LogP) is 3.49. The van der Waals surface area contributed by atoms with E-state index < -0.39 is 22.4 Å². The van der Waals surface area contributed by atoms with E-state index in [1.54, 1.807) is 17.0 Å². The van der Waals surface area contributed by atoms with Gasteiger partial charge in [-0.15, -0.1) is 0 Å². The molecular formula is C28H30FN3O6S. The fraction of sp³-hybridized carbons (Fsp3) is 0.321. The van der Waals surface area contributed by atoms with Crippen LogP contribution in [0.5, 0.6) is 17.2 Å². The number of ether oxygens (including phenoxy) is 3. The lowest BCUT2D eigenvalue weighted by atomic mass is 10.1. The molecule has 1 amide bonds. The maximum absolute atomic E-state index is 13.6. The largest absolute Gasteiger partial charge is 0.494 e. The number of halogens is 1. The zero-order valence-corrected chi connectivity index (χ0v) is 22.4. The Kier molecular flexibility index (Phi) is 7.89. The van der Waals surface area contributed by atoms with Crippen molar-refractivity contribution in [3.05, 3.63) is 78.1 Å². The molecule has 11 heteroatoms. The van der Waals surface area contributed by atoms with Crippen molar-refractivity contribution >= 4 is 21.6 Å². The van der Waals surface area contributed by atoms with Crippen LogP contribution < -0.4 is 18.5 Å². The first kappa shape index (κ1) is 26.8. The monoisotopic (exact) mass is 555 g/mol.